The van der Waals surface area contributed by atoms with Gasteiger partial charge in [-0.05, 0) is 81.7 Å². The third kappa shape index (κ3) is 6.47. The van der Waals surface area contributed by atoms with Crippen LogP contribution in [0.3, 0.4) is 0 Å². The zero-order chi connectivity index (χ0) is 30.0. The number of aromatic nitrogens is 4. The molecular weight excluding hydrogens is 566 g/mol. The topological polar surface area (TPSA) is 131 Å². The largest absolute Gasteiger partial charge is 0.379 e. The molecular formula is C31H37N7O4S. The fraction of sp³-hybridized carbons (Fsp3) is 0.419. The molecule has 2 saturated heterocycles. The van der Waals surface area contributed by atoms with Gasteiger partial charge in [0, 0.05) is 43.2 Å². The van der Waals surface area contributed by atoms with Crippen molar-refractivity contribution in [2.24, 2.45) is 0 Å². The van der Waals surface area contributed by atoms with Crippen LogP contribution in [-0.2, 0) is 14.6 Å². The van der Waals surface area contributed by atoms with Crippen LogP contribution in [0.2, 0.25) is 0 Å². The normalized spacial score (nSPS) is 19.2. The Morgan fingerprint density at radius 1 is 1.09 bits per heavy atom. The van der Waals surface area contributed by atoms with Gasteiger partial charge in [-0.15, -0.1) is 0 Å². The molecule has 1 aromatic carbocycles. The van der Waals surface area contributed by atoms with Crippen LogP contribution < -0.4 is 16.2 Å². The molecule has 12 heteroatoms. The van der Waals surface area contributed by atoms with Gasteiger partial charge < -0.3 is 20.3 Å². The Morgan fingerprint density at radius 3 is 2.60 bits per heavy atom. The van der Waals surface area contributed by atoms with E-state index in [-0.39, 0.29) is 22.2 Å². The van der Waals surface area contributed by atoms with Crippen LogP contribution in [0.15, 0.2) is 64.5 Å². The predicted octanol–water partition coefficient (Wildman–Crippen LogP) is 3.36. The molecule has 2 aliphatic heterocycles. The van der Waals surface area contributed by atoms with Gasteiger partial charge in [0.25, 0.3) is 5.56 Å². The molecule has 6 rings (SSSR count). The fourth-order valence-electron chi connectivity index (χ4n) is 5.68. The standard InChI is InChI=1S/C31H37N7O4S/c1-37(2)13-15-43(40,41)26-9-10-28(33-19-26)27-16-23-18-34-31(36-29(23)38(30(27)39)25-11-14-42-20-25)35-24-7-5-21(6-8-24)22-4-3-12-32-17-22/h5-10,16,18-19,22,25,32H,3-4,11-15,17,20H2,1-2H3,(H,34,35,36). The highest BCUT2D eigenvalue weighted by atomic mass is 32.2. The number of hydrogen-bond donors (Lipinski definition) is 2. The van der Waals surface area contributed by atoms with E-state index < -0.39 is 9.84 Å². The Bertz CT molecular complexity index is 1740. The second kappa shape index (κ2) is 12.5. The van der Waals surface area contributed by atoms with E-state index in [4.69, 9.17) is 9.72 Å². The van der Waals surface area contributed by atoms with Crippen LogP contribution in [0.5, 0.6) is 0 Å². The molecule has 2 unspecified atom stereocenters. The van der Waals surface area contributed by atoms with Crippen molar-refractivity contribution in [1.82, 2.24) is 29.7 Å². The van der Waals surface area contributed by atoms with Gasteiger partial charge in [0.2, 0.25) is 5.95 Å². The van der Waals surface area contributed by atoms with E-state index >= 15 is 0 Å². The fourth-order valence-corrected chi connectivity index (χ4v) is 7.01. The number of anilines is 2. The van der Waals surface area contributed by atoms with Crippen molar-refractivity contribution >= 4 is 32.5 Å². The number of nitrogens with one attached hydrogen (secondary N) is 2. The molecule has 0 aliphatic carbocycles. The number of hydrogen-bond acceptors (Lipinski definition) is 10. The number of benzene rings is 1. The summed E-state index contributed by atoms with van der Waals surface area (Å²) in [5.74, 6) is 0.904. The van der Waals surface area contributed by atoms with Gasteiger partial charge in [0.15, 0.2) is 9.84 Å². The molecule has 0 spiro atoms. The third-order valence-corrected chi connectivity index (χ3v) is 9.84. The molecule has 2 fully saturated rings. The summed E-state index contributed by atoms with van der Waals surface area (Å²) in [5, 5.41) is 7.43. The van der Waals surface area contributed by atoms with Crippen molar-refractivity contribution in [3.05, 3.63) is 70.8 Å². The minimum Gasteiger partial charge on any atom is -0.379 e. The van der Waals surface area contributed by atoms with Crippen LogP contribution in [0.4, 0.5) is 11.6 Å². The lowest BCUT2D eigenvalue weighted by molar-refractivity contribution is 0.186. The SMILES string of the molecule is CN(C)CCS(=O)(=O)c1ccc(-c2cc3cnc(Nc4ccc(C5CCCNC5)cc4)nc3n(C3CCOC3)c2=O)nc1. The quantitative estimate of drug-likeness (QED) is 0.294. The van der Waals surface area contributed by atoms with E-state index in [0.717, 1.165) is 18.8 Å². The molecule has 226 valence electrons. The van der Waals surface area contributed by atoms with Gasteiger partial charge >= 0.3 is 0 Å². The maximum atomic E-state index is 13.9. The summed E-state index contributed by atoms with van der Waals surface area (Å²) in [6.07, 6.45) is 6.08. The summed E-state index contributed by atoms with van der Waals surface area (Å²) in [6.45, 7) is 3.45. The molecule has 0 radical (unpaired) electrons. The van der Waals surface area contributed by atoms with E-state index in [9.17, 15) is 13.2 Å². The highest BCUT2D eigenvalue weighted by Crippen LogP contribution is 2.28. The number of nitrogens with zero attached hydrogens (tertiary/aromatic N) is 5. The first-order valence-corrected chi connectivity index (χ1v) is 16.4. The first-order chi connectivity index (χ1) is 20.8. The minimum absolute atomic E-state index is 0.0126. The summed E-state index contributed by atoms with van der Waals surface area (Å²) in [5.41, 5.74) is 3.18. The lowest BCUT2D eigenvalue weighted by Crippen LogP contribution is -2.28. The van der Waals surface area contributed by atoms with Gasteiger partial charge in [-0.25, -0.2) is 13.4 Å². The lowest BCUT2D eigenvalue weighted by atomic mass is 9.92. The van der Waals surface area contributed by atoms with Crippen LogP contribution in [0.25, 0.3) is 22.3 Å². The zero-order valence-corrected chi connectivity index (χ0v) is 25.3. The summed E-state index contributed by atoms with van der Waals surface area (Å²) in [4.78, 5) is 29.6. The van der Waals surface area contributed by atoms with Crippen molar-refractivity contribution < 1.29 is 13.2 Å². The van der Waals surface area contributed by atoms with Gasteiger partial charge in [0.1, 0.15) is 5.65 Å². The molecule has 43 heavy (non-hydrogen) atoms. The first-order valence-electron chi connectivity index (χ1n) is 14.7. The lowest BCUT2D eigenvalue weighted by Gasteiger charge is -2.23. The number of ether oxygens (including phenoxy) is 1. The van der Waals surface area contributed by atoms with E-state index in [1.807, 2.05) is 31.1 Å². The molecule has 2 aliphatic rings. The average Bonchev–Trinajstić information content (AvgIpc) is 3.55. The van der Waals surface area contributed by atoms with Crippen molar-refractivity contribution in [2.75, 3.05) is 58.0 Å². The monoisotopic (exact) mass is 603 g/mol. The van der Waals surface area contributed by atoms with E-state index in [1.165, 1.54) is 30.7 Å². The number of sulfone groups is 1. The molecule has 2 atom stereocenters. The van der Waals surface area contributed by atoms with Crippen LogP contribution in [0, 0.1) is 0 Å². The summed E-state index contributed by atoms with van der Waals surface area (Å²) in [7, 11) is 0.159. The minimum atomic E-state index is -3.49. The molecule has 4 aromatic rings. The Morgan fingerprint density at radius 2 is 1.93 bits per heavy atom. The zero-order valence-electron chi connectivity index (χ0n) is 24.5. The number of fused-ring (bicyclic) bond motifs is 1. The highest BCUT2D eigenvalue weighted by molar-refractivity contribution is 7.91. The highest BCUT2D eigenvalue weighted by Gasteiger charge is 2.25. The maximum absolute atomic E-state index is 13.9. The summed E-state index contributed by atoms with van der Waals surface area (Å²) >= 11 is 0. The molecule has 5 heterocycles. The van der Waals surface area contributed by atoms with Crippen LogP contribution >= 0.6 is 0 Å². The van der Waals surface area contributed by atoms with Gasteiger partial charge in [-0.1, -0.05) is 12.1 Å². The number of rotatable bonds is 9. The van der Waals surface area contributed by atoms with Crippen LogP contribution in [0.1, 0.15) is 36.8 Å². The molecule has 3 aromatic heterocycles. The molecule has 0 amide bonds. The van der Waals surface area contributed by atoms with Crippen LogP contribution in [-0.4, -0.2) is 85.5 Å². The van der Waals surface area contributed by atoms with Crippen molar-refractivity contribution in [2.45, 2.75) is 36.1 Å². The first kappa shape index (κ1) is 29.4. The average molecular weight is 604 g/mol. The Balaban J connectivity index is 1.31. The van der Waals surface area contributed by atoms with Crippen molar-refractivity contribution in [1.29, 1.82) is 0 Å². The summed E-state index contributed by atoms with van der Waals surface area (Å²) in [6, 6.07) is 13.0. The van der Waals surface area contributed by atoms with E-state index in [1.54, 1.807) is 22.9 Å². The van der Waals surface area contributed by atoms with Gasteiger partial charge in [-0.2, -0.15) is 4.98 Å². The predicted molar refractivity (Wildman–Crippen MR) is 167 cm³/mol. The number of pyridine rings is 2. The second-order valence-electron chi connectivity index (χ2n) is 11.5. The summed E-state index contributed by atoms with van der Waals surface area (Å²) < 4.78 is 32.8. The molecule has 0 saturated carbocycles. The van der Waals surface area contributed by atoms with Gasteiger partial charge in [-0.3, -0.25) is 14.3 Å². The third-order valence-electron chi connectivity index (χ3n) is 8.16. The van der Waals surface area contributed by atoms with Gasteiger partial charge in [0.05, 0.1) is 34.6 Å². The van der Waals surface area contributed by atoms with E-state index in [2.05, 4.69) is 32.7 Å². The van der Waals surface area contributed by atoms with E-state index in [0.29, 0.717) is 60.3 Å². The Labute approximate surface area is 251 Å². The molecule has 2 N–H and O–H groups in total. The molecule has 0 bridgehead atoms. The molecule has 11 nitrogen and oxygen atoms in total. The van der Waals surface area contributed by atoms with Crippen molar-refractivity contribution in [3.8, 4) is 11.3 Å². The second-order valence-corrected chi connectivity index (χ2v) is 13.6. The smallest absolute Gasteiger partial charge is 0.262 e. The Hall–Kier alpha value is -3.71. The number of piperidine rings is 1. The van der Waals surface area contributed by atoms with Crippen molar-refractivity contribution in [3.63, 3.8) is 0 Å². The maximum Gasteiger partial charge on any atom is 0.262 e. The Kier molecular flexibility index (Phi) is 8.53.